The van der Waals surface area contributed by atoms with Gasteiger partial charge >= 0.3 is 0 Å². The Balaban J connectivity index is 1.53. The molecule has 4 aliphatic rings. The predicted octanol–water partition coefficient (Wildman–Crippen LogP) is 5.55. The van der Waals surface area contributed by atoms with Gasteiger partial charge in [0.05, 0.1) is 17.8 Å². The Hall–Kier alpha value is -0.120. The number of hydrogen-bond donors (Lipinski definition) is 3. The van der Waals surface area contributed by atoms with E-state index in [1.807, 2.05) is 0 Å². The molecule has 3 nitrogen and oxygen atoms in total. The molecule has 0 aromatic rings. The topological polar surface area (TPSA) is 60.7 Å². The van der Waals surface area contributed by atoms with Crippen LogP contribution in [0.3, 0.4) is 0 Å². The van der Waals surface area contributed by atoms with Crippen LogP contribution in [-0.4, -0.2) is 33.1 Å². The molecule has 0 aliphatic heterocycles. The van der Waals surface area contributed by atoms with Crippen molar-refractivity contribution in [3.05, 3.63) is 0 Å². The summed E-state index contributed by atoms with van der Waals surface area (Å²) in [6.45, 7) is 12.0. The van der Waals surface area contributed by atoms with Gasteiger partial charge in [-0.05, 0) is 85.9 Å². The van der Waals surface area contributed by atoms with E-state index in [2.05, 4.69) is 34.6 Å². The van der Waals surface area contributed by atoms with E-state index in [1.54, 1.807) is 0 Å². The number of fused-ring (bicyclic) bond motifs is 5. The molecule has 4 saturated carbocycles. The van der Waals surface area contributed by atoms with E-state index < -0.39 is 17.8 Å². The van der Waals surface area contributed by atoms with E-state index in [0.29, 0.717) is 29.6 Å². The van der Waals surface area contributed by atoms with E-state index in [1.165, 1.54) is 44.9 Å². The summed E-state index contributed by atoms with van der Waals surface area (Å²) in [5.41, 5.74) is -0.962. The molecule has 30 heavy (non-hydrogen) atoms. The average molecular weight is 421 g/mol. The molecule has 0 bridgehead atoms. The maximum absolute atomic E-state index is 11.6. The van der Waals surface area contributed by atoms with Crippen LogP contribution in [0.1, 0.15) is 105 Å². The lowest BCUT2D eigenvalue weighted by Crippen LogP contribution is -2.68. The molecule has 0 spiro atoms. The van der Waals surface area contributed by atoms with E-state index in [9.17, 15) is 15.3 Å². The molecule has 0 aromatic carbocycles. The van der Waals surface area contributed by atoms with Gasteiger partial charge in [0.25, 0.3) is 0 Å². The monoisotopic (exact) mass is 420 g/mol. The minimum absolute atomic E-state index is 0.253. The van der Waals surface area contributed by atoms with Gasteiger partial charge in [-0.3, -0.25) is 0 Å². The van der Waals surface area contributed by atoms with Crippen molar-refractivity contribution in [1.82, 2.24) is 0 Å². The first-order chi connectivity index (χ1) is 14.0. The van der Waals surface area contributed by atoms with Crippen molar-refractivity contribution < 1.29 is 15.3 Å². The van der Waals surface area contributed by atoms with Gasteiger partial charge in [-0.25, -0.2) is 0 Å². The molecule has 3 N–H and O–H groups in total. The minimum Gasteiger partial charge on any atom is -0.393 e. The fourth-order valence-electron chi connectivity index (χ4n) is 9.29. The van der Waals surface area contributed by atoms with Crippen LogP contribution in [0.2, 0.25) is 0 Å². The third-order valence-electron chi connectivity index (χ3n) is 11.0. The first-order valence-electron chi connectivity index (χ1n) is 13.1. The molecule has 174 valence electrons. The first-order valence-corrected chi connectivity index (χ1v) is 13.1. The molecule has 4 aliphatic carbocycles. The van der Waals surface area contributed by atoms with Crippen molar-refractivity contribution in [3.63, 3.8) is 0 Å². The molecule has 0 unspecified atom stereocenters. The Kier molecular flexibility index (Phi) is 6.17. The Bertz CT molecular complexity index is 619. The zero-order valence-corrected chi connectivity index (χ0v) is 20.2. The summed E-state index contributed by atoms with van der Waals surface area (Å²) in [5, 5.41) is 33.0. The number of hydrogen-bond acceptors (Lipinski definition) is 3. The van der Waals surface area contributed by atoms with Crippen molar-refractivity contribution in [3.8, 4) is 0 Å². The van der Waals surface area contributed by atoms with E-state index in [4.69, 9.17) is 0 Å². The normalized spacial score (nSPS) is 51.9. The van der Waals surface area contributed by atoms with Gasteiger partial charge in [0.2, 0.25) is 0 Å². The molecular formula is C27H48O3. The standard InChI is InChI=1S/C27H48O3/c1-17(2)7-6-8-18(3)21-9-10-22-20-15-24(29)27(30)16-19(28)11-14-26(27,5)23(20)12-13-25(21,22)4/h17-24,28-30H,6-16H2,1-5H3/t18-,19+,20+,21-,22+,23+,24-,25-,26-,27+/m1/s1. The van der Waals surface area contributed by atoms with Crippen LogP contribution < -0.4 is 0 Å². The molecule has 0 aromatic heterocycles. The summed E-state index contributed by atoms with van der Waals surface area (Å²) in [6, 6.07) is 0. The zero-order chi connectivity index (χ0) is 21.9. The first kappa shape index (κ1) is 23.1. The van der Waals surface area contributed by atoms with Crippen LogP contribution in [0, 0.1) is 46.3 Å². The smallest absolute Gasteiger partial charge is 0.0985 e. The molecule has 10 atom stereocenters. The third kappa shape index (κ3) is 3.41. The lowest BCUT2D eigenvalue weighted by Gasteiger charge is -2.65. The molecular weight excluding hydrogens is 372 g/mol. The Morgan fingerprint density at radius 2 is 1.63 bits per heavy atom. The summed E-state index contributed by atoms with van der Waals surface area (Å²) in [5.74, 6) is 4.13. The largest absolute Gasteiger partial charge is 0.393 e. The highest BCUT2D eigenvalue weighted by Crippen LogP contribution is 2.69. The lowest BCUT2D eigenvalue weighted by molar-refractivity contribution is -0.264. The van der Waals surface area contributed by atoms with Crippen molar-refractivity contribution in [2.45, 2.75) is 123 Å². The Labute approximate surface area is 185 Å². The van der Waals surface area contributed by atoms with Gasteiger partial charge in [0.15, 0.2) is 0 Å². The summed E-state index contributed by atoms with van der Waals surface area (Å²) < 4.78 is 0. The summed E-state index contributed by atoms with van der Waals surface area (Å²) in [7, 11) is 0. The van der Waals surface area contributed by atoms with Gasteiger partial charge in [0.1, 0.15) is 0 Å². The molecule has 0 saturated heterocycles. The van der Waals surface area contributed by atoms with Crippen LogP contribution in [0.15, 0.2) is 0 Å². The van der Waals surface area contributed by atoms with Crippen molar-refractivity contribution in [2.24, 2.45) is 46.3 Å². The second-order valence-corrected chi connectivity index (χ2v) is 12.9. The molecule has 4 fully saturated rings. The average Bonchev–Trinajstić information content (AvgIpc) is 3.01. The maximum Gasteiger partial charge on any atom is 0.0985 e. The number of aliphatic hydroxyl groups is 3. The van der Waals surface area contributed by atoms with Crippen LogP contribution in [0.5, 0.6) is 0 Å². The van der Waals surface area contributed by atoms with Crippen LogP contribution >= 0.6 is 0 Å². The second kappa shape index (κ2) is 8.03. The third-order valence-corrected chi connectivity index (χ3v) is 11.0. The second-order valence-electron chi connectivity index (χ2n) is 12.9. The Morgan fingerprint density at radius 3 is 2.33 bits per heavy atom. The molecule has 0 heterocycles. The quantitative estimate of drug-likeness (QED) is 0.546. The van der Waals surface area contributed by atoms with Crippen molar-refractivity contribution >= 4 is 0 Å². The highest BCUT2D eigenvalue weighted by molar-refractivity contribution is 5.17. The SMILES string of the molecule is CC(C)CCC[C@@H](C)[C@H]1CC[C@H]2[C@@H]3C[C@@H](O)[C@@]4(O)C[C@@H](O)CC[C@]4(C)[C@H]3CC[C@]12C. The number of rotatable bonds is 5. The summed E-state index contributed by atoms with van der Waals surface area (Å²) >= 11 is 0. The Morgan fingerprint density at radius 1 is 0.900 bits per heavy atom. The van der Waals surface area contributed by atoms with Gasteiger partial charge in [-0.1, -0.05) is 53.9 Å². The predicted molar refractivity (Wildman–Crippen MR) is 122 cm³/mol. The van der Waals surface area contributed by atoms with Crippen molar-refractivity contribution in [2.75, 3.05) is 0 Å². The number of aliphatic hydroxyl groups excluding tert-OH is 2. The molecule has 0 radical (unpaired) electrons. The van der Waals surface area contributed by atoms with E-state index >= 15 is 0 Å². The maximum atomic E-state index is 11.6. The highest BCUT2D eigenvalue weighted by Gasteiger charge is 2.67. The van der Waals surface area contributed by atoms with Gasteiger partial charge in [-0.15, -0.1) is 0 Å². The van der Waals surface area contributed by atoms with Gasteiger partial charge in [-0.2, -0.15) is 0 Å². The van der Waals surface area contributed by atoms with E-state index in [-0.39, 0.29) is 5.41 Å². The summed E-state index contributed by atoms with van der Waals surface area (Å²) in [4.78, 5) is 0. The van der Waals surface area contributed by atoms with Gasteiger partial charge < -0.3 is 15.3 Å². The van der Waals surface area contributed by atoms with Crippen LogP contribution in [-0.2, 0) is 0 Å². The van der Waals surface area contributed by atoms with Crippen LogP contribution in [0.25, 0.3) is 0 Å². The van der Waals surface area contributed by atoms with Gasteiger partial charge in [0, 0.05) is 11.8 Å². The fourth-order valence-corrected chi connectivity index (χ4v) is 9.29. The molecule has 4 rings (SSSR count). The van der Waals surface area contributed by atoms with E-state index in [0.717, 1.165) is 37.0 Å². The fraction of sp³-hybridized carbons (Fsp3) is 1.00. The molecule has 3 heteroatoms. The van der Waals surface area contributed by atoms with Crippen LogP contribution in [0.4, 0.5) is 0 Å². The molecule has 0 amide bonds. The minimum atomic E-state index is -1.11. The highest BCUT2D eigenvalue weighted by atomic mass is 16.3. The zero-order valence-electron chi connectivity index (χ0n) is 20.2. The van der Waals surface area contributed by atoms with Crippen molar-refractivity contribution in [1.29, 1.82) is 0 Å². The lowest BCUT2D eigenvalue weighted by atomic mass is 9.42. The summed E-state index contributed by atoms with van der Waals surface area (Å²) in [6.07, 6.45) is 10.7.